The lowest BCUT2D eigenvalue weighted by Crippen LogP contribution is -2.29. The number of aromatic nitrogens is 1. The van der Waals surface area contributed by atoms with Crippen LogP contribution in [0.5, 0.6) is 0 Å². The average molecular weight is 283 g/mol. The summed E-state index contributed by atoms with van der Waals surface area (Å²) in [6, 6.07) is 0.349. The van der Waals surface area contributed by atoms with Gasteiger partial charge in [0.25, 0.3) is 0 Å². The van der Waals surface area contributed by atoms with Gasteiger partial charge in [-0.1, -0.05) is 33.6 Å². The number of thiazole rings is 1. The van der Waals surface area contributed by atoms with Gasteiger partial charge in [-0.3, -0.25) is 0 Å². The van der Waals surface area contributed by atoms with Crippen LogP contribution in [0.15, 0.2) is 5.38 Å². The molecule has 1 aromatic rings. The van der Waals surface area contributed by atoms with Crippen molar-refractivity contribution >= 4 is 16.5 Å². The maximum Gasteiger partial charge on any atom is 0.185 e. The molecule has 1 N–H and O–H groups in total. The number of hydrogen-bond acceptors (Lipinski definition) is 4. The van der Waals surface area contributed by atoms with Gasteiger partial charge in [0.2, 0.25) is 0 Å². The Morgan fingerprint density at radius 1 is 1.26 bits per heavy atom. The minimum Gasteiger partial charge on any atom is -0.348 e. The number of hydrogen-bond donors (Lipinski definition) is 1. The zero-order valence-electron chi connectivity index (χ0n) is 13.1. The van der Waals surface area contributed by atoms with Crippen LogP contribution in [0.25, 0.3) is 0 Å². The summed E-state index contributed by atoms with van der Waals surface area (Å²) in [5.74, 6) is 0.776. The van der Waals surface area contributed by atoms with Gasteiger partial charge in [-0.2, -0.15) is 0 Å². The van der Waals surface area contributed by atoms with Gasteiger partial charge in [-0.15, -0.1) is 11.3 Å². The van der Waals surface area contributed by atoms with E-state index in [0.717, 1.165) is 25.6 Å². The summed E-state index contributed by atoms with van der Waals surface area (Å²) in [6.07, 6.45) is 2.50. The van der Waals surface area contributed by atoms with Gasteiger partial charge >= 0.3 is 0 Å². The minimum atomic E-state index is 0.349. The van der Waals surface area contributed by atoms with Crippen molar-refractivity contribution in [1.29, 1.82) is 0 Å². The predicted octanol–water partition coefficient (Wildman–Crippen LogP) is 4.08. The van der Waals surface area contributed by atoms with E-state index in [-0.39, 0.29) is 0 Å². The van der Waals surface area contributed by atoms with Crippen LogP contribution in [0.3, 0.4) is 0 Å². The monoisotopic (exact) mass is 283 g/mol. The maximum atomic E-state index is 4.80. The molecule has 0 spiro atoms. The molecule has 0 amide bonds. The molecule has 0 fully saturated rings. The van der Waals surface area contributed by atoms with Crippen LogP contribution in [-0.4, -0.2) is 24.6 Å². The first-order valence-corrected chi connectivity index (χ1v) is 8.47. The first-order chi connectivity index (χ1) is 9.15. The molecule has 3 nitrogen and oxygen atoms in total. The van der Waals surface area contributed by atoms with E-state index in [0.29, 0.717) is 6.04 Å². The lowest BCUT2D eigenvalue weighted by Gasteiger charge is -2.24. The van der Waals surface area contributed by atoms with Crippen molar-refractivity contribution in [2.75, 3.05) is 24.5 Å². The number of nitrogens with zero attached hydrogens (tertiary/aromatic N) is 2. The summed E-state index contributed by atoms with van der Waals surface area (Å²) in [5.41, 5.74) is 1.17. The van der Waals surface area contributed by atoms with Crippen LogP contribution in [-0.2, 0) is 0 Å². The van der Waals surface area contributed by atoms with Gasteiger partial charge < -0.3 is 10.2 Å². The Bertz CT molecular complexity index is 347. The SMILES string of the molecule is CCNC(C)c1csc(N(CC)CC(CC)CC)n1. The molecule has 1 rings (SSSR count). The normalized spacial score (nSPS) is 12.9. The zero-order valence-corrected chi connectivity index (χ0v) is 13.9. The lowest BCUT2D eigenvalue weighted by atomic mass is 10.0. The smallest absolute Gasteiger partial charge is 0.185 e. The van der Waals surface area contributed by atoms with Gasteiger partial charge in [0.05, 0.1) is 5.69 Å². The molecule has 1 unspecified atom stereocenters. The third-order valence-electron chi connectivity index (χ3n) is 3.75. The van der Waals surface area contributed by atoms with Crippen molar-refractivity contribution in [1.82, 2.24) is 10.3 Å². The molecule has 0 aliphatic heterocycles. The van der Waals surface area contributed by atoms with Gasteiger partial charge in [0.1, 0.15) is 0 Å². The van der Waals surface area contributed by atoms with E-state index in [1.165, 1.54) is 23.7 Å². The standard InChI is InChI=1S/C15H29N3S/c1-6-13(7-2)10-18(9-4)15-17-14(11-19-15)12(5)16-8-3/h11-13,16H,6-10H2,1-5H3. The molecule has 0 aliphatic rings. The third kappa shape index (κ3) is 4.77. The lowest BCUT2D eigenvalue weighted by molar-refractivity contribution is 0.485. The largest absolute Gasteiger partial charge is 0.348 e. The second kappa shape index (κ2) is 8.54. The molecule has 0 aromatic carbocycles. The number of nitrogens with one attached hydrogen (secondary N) is 1. The fraction of sp³-hybridized carbons (Fsp3) is 0.800. The number of rotatable bonds is 9. The average Bonchev–Trinajstić information content (AvgIpc) is 2.90. The summed E-state index contributed by atoms with van der Waals surface area (Å²) >= 11 is 1.77. The highest BCUT2D eigenvalue weighted by Gasteiger charge is 2.15. The van der Waals surface area contributed by atoms with Gasteiger partial charge in [0.15, 0.2) is 5.13 Å². The summed E-state index contributed by atoms with van der Waals surface area (Å²) in [7, 11) is 0. The molecular formula is C15H29N3S. The Morgan fingerprint density at radius 2 is 1.95 bits per heavy atom. The summed E-state index contributed by atoms with van der Waals surface area (Å²) < 4.78 is 0. The Hall–Kier alpha value is -0.610. The molecular weight excluding hydrogens is 254 g/mol. The predicted molar refractivity (Wildman–Crippen MR) is 86.2 cm³/mol. The van der Waals surface area contributed by atoms with E-state index in [4.69, 9.17) is 4.98 Å². The van der Waals surface area contributed by atoms with Crippen molar-refractivity contribution in [2.24, 2.45) is 5.92 Å². The second-order valence-corrected chi connectivity index (χ2v) is 5.89. The molecule has 1 aromatic heterocycles. The van der Waals surface area contributed by atoms with E-state index in [9.17, 15) is 0 Å². The van der Waals surface area contributed by atoms with E-state index in [2.05, 4.69) is 50.2 Å². The van der Waals surface area contributed by atoms with Crippen molar-refractivity contribution in [2.45, 2.75) is 53.5 Å². The molecule has 0 bridgehead atoms. The van der Waals surface area contributed by atoms with E-state index in [1.54, 1.807) is 11.3 Å². The Labute approximate surface area is 122 Å². The maximum absolute atomic E-state index is 4.80. The first-order valence-electron chi connectivity index (χ1n) is 7.59. The van der Waals surface area contributed by atoms with Crippen LogP contribution < -0.4 is 10.2 Å². The van der Waals surface area contributed by atoms with Crippen LogP contribution in [0.2, 0.25) is 0 Å². The molecule has 0 aliphatic carbocycles. The summed E-state index contributed by atoms with van der Waals surface area (Å²) in [6.45, 7) is 14.3. The third-order valence-corrected chi connectivity index (χ3v) is 4.67. The molecule has 0 saturated heterocycles. The topological polar surface area (TPSA) is 28.2 Å². The molecule has 110 valence electrons. The van der Waals surface area contributed by atoms with Crippen molar-refractivity contribution < 1.29 is 0 Å². The summed E-state index contributed by atoms with van der Waals surface area (Å²) in [4.78, 5) is 7.22. The van der Waals surface area contributed by atoms with Gasteiger partial charge in [0, 0.05) is 24.5 Å². The van der Waals surface area contributed by atoms with Gasteiger partial charge in [-0.25, -0.2) is 4.98 Å². The molecule has 0 radical (unpaired) electrons. The fourth-order valence-corrected chi connectivity index (χ4v) is 3.23. The van der Waals surface area contributed by atoms with E-state index >= 15 is 0 Å². The zero-order chi connectivity index (χ0) is 14.3. The quantitative estimate of drug-likeness (QED) is 0.740. The highest BCUT2D eigenvalue weighted by molar-refractivity contribution is 7.13. The number of anilines is 1. The molecule has 1 heterocycles. The van der Waals surface area contributed by atoms with Crippen LogP contribution in [0.4, 0.5) is 5.13 Å². The first kappa shape index (κ1) is 16.4. The Kier molecular flexibility index (Phi) is 7.39. The highest BCUT2D eigenvalue weighted by Crippen LogP contribution is 2.25. The molecule has 19 heavy (non-hydrogen) atoms. The molecule has 4 heteroatoms. The highest BCUT2D eigenvalue weighted by atomic mass is 32.1. The minimum absolute atomic E-state index is 0.349. The Morgan fingerprint density at radius 3 is 2.47 bits per heavy atom. The van der Waals surface area contributed by atoms with Crippen molar-refractivity contribution in [3.8, 4) is 0 Å². The van der Waals surface area contributed by atoms with Gasteiger partial charge in [-0.05, 0) is 26.3 Å². The Balaban J connectivity index is 2.71. The molecule has 1 atom stereocenters. The molecule has 0 saturated carbocycles. The fourth-order valence-electron chi connectivity index (χ4n) is 2.23. The van der Waals surface area contributed by atoms with E-state index < -0.39 is 0 Å². The summed E-state index contributed by atoms with van der Waals surface area (Å²) in [5, 5.41) is 6.79. The van der Waals surface area contributed by atoms with Crippen molar-refractivity contribution in [3.05, 3.63) is 11.1 Å². The van der Waals surface area contributed by atoms with E-state index in [1.807, 2.05) is 0 Å². The van der Waals surface area contributed by atoms with Crippen LogP contribution in [0, 0.1) is 5.92 Å². The van der Waals surface area contributed by atoms with Crippen molar-refractivity contribution in [3.63, 3.8) is 0 Å². The van der Waals surface area contributed by atoms with Crippen LogP contribution >= 0.6 is 11.3 Å². The van der Waals surface area contributed by atoms with Crippen LogP contribution in [0.1, 0.15) is 59.2 Å². The second-order valence-electron chi connectivity index (χ2n) is 5.06.